The first kappa shape index (κ1) is 14.0. The van der Waals surface area contributed by atoms with E-state index in [4.69, 9.17) is 5.73 Å². The Morgan fingerprint density at radius 3 is 2.78 bits per heavy atom. The molecule has 0 radical (unpaired) electrons. The van der Waals surface area contributed by atoms with Crippen LogP contribution in [0.4, 0.5) is 0 Å². The number of nitrogens with two attached hydrogens (primary N) is 1. The van der Waals surface area contributed by atoms with Gasteiger partial charge in [-0.15, -0.1) is 11.3 Å². The Morgan fingerprint density at radius 2 is 2.22 bits per heavy atom. The van der Waals surface area contributed by atoms with Gasteiger partial charge in [0.25, 0.3) is 10.0 Å². The summed E-state index contributed by atoms with van der Waals surface area (Å²) in [7, 11) is -1.34. The van der Waals surface area contributed by atoms with Crippen molar-refractivity contribution in [2.24, 2.45) is 5.73 Å². The molecule has 0 amide bonds. The SMILES string of the molecule is CC1CN(C)CCN1S(=O)(=O)c1cc(CN)cs1. The number of rotatable bonds is 3. The zero-order valence-corrected chi connectivity index (χ0v) is 12.3. The van der Waals surface area contributed by atoms with Gasteiger partial charge in [-0.25, -0.2) is 8.42 Å². The van der Waals surface area contributed by atoms with E-state index in [0.29, 0.717) is 17.3 Å². The van der Waals surface area contributed by atoms with E-state index < -0.39 is 10.0 Å². The maximum absolute atomic E-state index is 12.5. The molecule has 102 valence electrons. The maximum Gasteiger partial charge on any atom is 0.252 e. The molecule has 1 aromatic heterocycles. The lowest BCUT2D eigenvalue weighted by atomic mass is 10.2. The molecule has 1 fully saturated rings. The van der Waals surface area contributed by atoms with Gasteiger partial charge in [0.1, 0.15) is 4.21 Å². The van der Waals surface area contributed by atoms with Crippen LogP contribution in [0.15, 0.2) is 15.7 Å². The third-order valence-corrected chi connectivity index (χ3v) is 6.68. The minimum Gasteiger partial charge on any atom is -0.326 e. The molecule has 7 heteroatoms. The molecule has 1 atom stereocenters. The zero-order chi connectivity index (χ0) is 13.3. The molecule has 18 heavy (non-hydrogen) atoms. The number of thiophene rings is 1. The summed E-state index contributed by atoms with van der Waals surface area (Å²) in [6, 6.07) is 1.70. The molecule has 5 nitrogen and oxygen atoms in total. The third-order valence-electron chi connectivity index (χ3n) is 3.20. The fraction of sp³-hybridized carbons (Fsp3) is 0.636. The van der Waals surface area contributed by atoms with Crippen LogP contribution in [-0.2, 0) is 16.6 Å². The van der Waals surface area contributed by atoms with Gasteiger partial charge in [0.2, 0.25) is 0 Å². The summed E-state index contributed by atoms with van der Waals surface area (Å²) in [5, 5.41) is 1.81. The van der Waals surface area contributed by atoms with Gasteiger partial charge in [-0.05, 0) is 31.0 Å². The van der Waals surface area contributed by atoms with Gasteiger partial charge in [-0.2, -0.15) is 4.31 Å². The van der Waals surface area contributed by atoms with Crippen molar-refractivity contribution in [3.63, 3.8) is 0 Å². The van der Waals surface area contributed by atoms with Gasteiger partial charge in [-0.1, -0.05) is 0 Å². The first-order chi connectivity index (χ1) is 8.45. The monoisotopic (exact) mass is 289 g/mol. The summed E-state index contributed by atoms with van der Waals surface area (Å²) < 4.78 is 27.0. The van der Waals surface area contributed by atoms with Crippen LogP contribution < -0.4 is 5.73 Å². The Balaban J connectivity index is 2.25. The summed E-state index contributed by atoms with van der Waals surface area (Å²) in [6.45, 7) is 4.43. The average Bonchev–Trinajstić information content (AvgIpc) is 2.77. The van der Waals surface area contributed by atoms with Crippen LogP contribution in [0.5, 0.6) is 0 Å². The van der Waals surface area contributed by atoms with E-state index in [1.807, 2.05) is 19.4 Å². The molecule has 0 saturated carbocycles. The predicted octanol–water partition coefficient (Wildman–Crippen LogP) is 0.531. The largest absolute Gasteiger partial charge is 0.326 e. The summed E-state index contributed by atoms with van der Waals surface area (Å²) >= 11 is 1.25. The van der Waals surface area contributed by atoms with E-state index >= 15 is 0 Å². The van der Waals surface area contributed by atoms with Crippen LogP contribution in [0, 0.1) is 0 Å². The second-order valence-electron chi connectivity index (χ2n) is 4.71. The van der Waals surface area contributed by atoms with Crippen molar-refractivity contribution in [3.05, 3.63) is 17.0 Å². The Labute approximate surface area is 112 Å². The molecule has 1 unspecified atom stereocenters. The molecular weight excluding hydrogens is 270 g/mol. The molecular formula is C11H19N3O2S2. The molecule has 0 aromatic carbocycles. The molecule has 2 heterocycles. The molecule has 0 aliphatic carbocycles. The summed E-state index contributed by atoms with van der Waals surface area (Å²) in [5.74, 6) is 0. The molecule has 1 aromatic rings. The fourth-order valence-corrected chi connectivity index (χ4v) is 5.15. The van der Waals surface area contributed by atoms with Gasteiger partial charge in [0.05, 0.1) is 0 Å². The van der Waals surface area contributed by atoms with Crippen molar-refractivity contribution >= 4 is 21.4 Å². The zero-order valence-electron chi connectivity index (χ0n) is 10.7. The Morgan fingerprint density at radius 1 is 1.50 bits per heavy atom. The Bertz CT molecular complexity index is 512. The Hall–Kier alpha value is -0.470. The van der Waals surface area contributed by atoms with Crippen LogP contribution in [0.1, 0.15) is 12.5 Å². The van der Waals surface area contributed by atoms with Gasteiger partial charge >= 0.3 is 0 Å². The molecule has 1 aliphatic heterocycles. The van der Waals surface area contributed by atoms with Gasteiger partial charge in [0.15, 0.2) is 0 Å². The van der Waals surface area contributed by atoms with Gasteiger partial charge < -0.3 is 10.6 Å². The van der Waals surface area contributed by atoms with Gasteiger partial charge in [0, 0.05) is 32.2 Å². The first-order valence-electron chi connectivity index (χ1n) is 5.93. The third kappa shape index (κ3) is 2.60. The van der Waals surface area contributed by atoms with E-state index in [1.54, 1.807) is 10.4 Å². The number of nitrogens with zero attached hydrogens (tertiary/aromatic N) is 2. The van der Waals surface area contributed by atoms with Crippen LogP contribution in [0.3, 0.4) is 0 Å². The lowest BCUT2D eigenvalue weighted by molar-refractivity contribution is 0.170. The molecule has 0 bridgehead atoms. The van der Waals surface area contributed by atoms with Gasteiger partial charge in [-0.3, -0.25) is 0 Å². The number of hydrogen-bond donors (Lipinski definition) is 1. The second-order valence-corrected chi connectivity index (χ2v) is 7.73. The van der Waals surface area contributed by atoms with E-state index in [0.717, 1.165) is 18.7 Å². The molecule has 2 N–H and O–H groups in total. The van der Waals surface area contributed by atoms with Crippen molar-refractivity contribution < 1.29 is 8.42 Å². The quantitative estimate of drug-likeness (QED) is 0.881. The van der Waals surface area contributed by atoms with Crippen molar-refractivity contribution in [2.75, 3.05) is 26.7 Å². The van der Waals surface area contributed by atoms with E-state index in [-0.39, 0.29) is 6.04 Å². The van der Waals surface area contributed by atoms with Crippen molar-refractivity contribution in [3.8, 4) is 0 Å². The van der Waals surface area contributed by atoms with E-state index in [1.165, 1.54) is 11.3 Å². The summed E-state index contributed by atoms with van der Waals surface area (Å²) in [6.07, 6.45) is 0. The minimum atomic E-state index is -3.35. The first-order valence-corrected chi connectivity index (χ1v) is 8.25. The van der Waals surface area contributed by atoms with Crippen LogP contribution >= 0.6 is 11.3 Å². The predicted molar refractivity (Wildman–Crippen MR) is 73.1 cm³/mol. The lowest BCUT2D eigenvalue weighted by Gasteiger charge is -2.36. The van der Waals surface area contributed by atoms with Crippen LogP contribution in [0.2, 0.25) is 0 Å². The fourth-order valence-electron chi connectivity index (χ4n) is 2.19. The molecule has 1 saturated heterocycles. The highest BCUT2D eigenvalue weighted by atomic mass is 32.2. The number of piperazine rings is 1. The van der Waals surface area contributed by atoms with Crippen molar-refractivity contribution in [2.45, 2.75) is 23.7 Å². The number of hydrogen-bond acceptors (Lipinski definition) is 5. The highest BCUT2D eigenvalue weighted by Gasteiger charge is 2.33. The minimum absolute atomic E-state index is 0.0113. The molecule has 1 aliphatic rings. The highest BCUT2D eigenvalue weighted by molar-refractivity contribution is 7.91. The smallest absolute Gasteiger partial charge is 0.252 e. The lowest BCUT2D eigenvalue weighted by Crippen LogP contribution is -2.52. The van der Waals surface area contributed by atoms with Crippen molar-refractivity contribution in [1.82, 2.24) is 9.21 Å². The number of sulfonamides is 1. The van der Waals surface area contributed by atoms with E-state index in [9.17, 15) is 8.42 Å². The highest BCUT2D eigenvalue weighted by Crippen LogP contribution is 2.26. The van der Waals surface area contributed by atoms with Crippen molar-refractivity contribution in [1.29, 1.82) is 0 Å². The average molecular weight is 289 g/mol. The van der Waals surface area contributed by atoms with Crippen LogP contribution in [-0.4, -0.2) is 50.3 Å². The van der Waals surface area contributed by atoms with E-state index in [2.05, 4.69) is 4.90 Å². The Kier molecular flexibility index (Phi) is 4.08. The molecule has 2 rings (SSSR count). The maximum atomic E-state index is 12.5. The second kappa shape index (κ2) is 5.26. The number of likely N-dealkylation sites (N-methyl/N-ethyl adjacent to an activating group) is 1. The summed E-state index contributed by atoms with van der Waals surface area (Å²) in [5.41, 5.74) is 6.40. The topological polar surface area (TPSA) is 66.6 Å². The normalized spacial score (nSPS) is 23.4. The molecule has 0 spiro atoms. The summed E-state index contributed by atoms with van der Waals surface area (Å²) in [4.78, 5) is 2.15. The standard InChI is InChI=1S/C11H19N3O2S2/c1-9-7-13(2)3-4-14(9)18(15,16)11-5-10(6-12)8-17-11/h5,8-9H,3-4,6-7,12H2,1-2H3. The van der Waals surface area contributed by atoms with Crippen LogP contribution in [0.25, 0.3) is 0 Å².